The number of carbonyl (C=O) groups is 1. The van der Waals surface area contributed by atoms with Crippen LogP contribution in [-0.4, -0.2) is 16.8 Å². The van der Waals surface area contributed by atoms with Gasteiger partial charge in [-0.3, -0.25) is 9.69 Å². The molecule has 134 valence electrons. The van der Waals surface area contributed by atoms with E-state index in [1.165, 1.54) is 16.7 Å². The summed E-state index contributed by atoms with van der Waals surface area (Å²) in [6.45, 7) is 2.67. The highest BCUT2D eigenvalue weighted by Gasteiger charge is 2.33. The highest BCUT2D eigenvalue weighted by atomic mass is 35.5. The van der Waals surface area contributed by atoms with Crippen molar-refractivity contribution in [2.75, 3.05) is 11.5 Å². The highest BCUT2D eigenvalue weighted by Crippen LogP contribution is 2.38. The molecule has 7 heteroatoms. The van der Waals surface area contributed by atoms with Crippen molar-refractivity contribution in [2.45, 2.75) is 13.3 Å². The third-order valence-corrected chi connectivity index (χ3v) is 5.66. The number of benzene rings is 2. The molecule has 1 saturated heterocycles. The lowest BCUT2D eigenvalue weighted by atomic mass is 10.2. The molecular formula is C19H15Cl2NO2S2. The quantitative estimate of drug-likeness (QED) is 0.423. The molecule has 3 nitrogen and oxygen atoms in total. The summed E-state index contributed by atoms with van der Waals surface area (Å²) in [4.78, 5) is 14.9. The lowest BCUT2D eigenvalue weighted by Crippen LogP contribution is -2.27. The summed E-state index contributed by atoms with van der Waals surface area (Å²) in [7, 11) is 0. The SMILES string of the molecule is CCCOc1ccccc1/C=C1\SC(=S)N(c2ccc(Cl)c(Cl)c2)C1=O. The smallest absolute Gasteiger partial charge is 0.270 e. The molecule has 1 aliphatic heterocycles. The molecule has 0 aliphatic carbocycles. The molecule has 3 rings (SSSR count). The van der Waals surface area contributed by atoms with Gasteiger partial charge in [-0.25, -0.2) is 0 Å². The zero-order chi connectivity index (χ0) is 18.7. The van der Waals surface area contributed by atoms with E-state index in [9.17, 15) is 4.79 Å². The molecule has 0 atom stereocenters. The molecule has 1 aliphatic rings. The van der Waals surface area contributed by atoms with Gasteiger partial charge in [-0.15, -0.1) is 0 Å². The number of ether oxygens (including phenoxy) is 1. The second-order valence-electron chi connectivity index (χ2n) is 5.50. The van der Waals surface area contributed by atoms with Gasteiger partial charge in [0.2, 0.25) is 0 Å². The van der Waals surface area contributed by atoms with E-state index in [0.717, 1.165) is 17.7 Å². The predicted octanol–water partition coefficient (Wildman–Crippen LogP) is 6.19. The van der Waals surface area contributed by atoms with Gasteiger partial charge >= 0.3 is 0 Å². The van der Waals surface area contributed by atoms with Crippen molar-refractivity contribution in [2.24, 2.45) is 0 Å². The molecule has 0 bridgehead atoms. The first-order valence-corrected chi connectivity index (χ1v) is 9.94. The van der Waals surface area contributed by atoms with Gasteiger partial charge < -0.3 is 4.74 Å². The fourth-order valence-electron chi connectivity index (χ4n) is 2.40. The highest BCUT2D eigenvalue weighted by molar-refractivity contribution is 8.27. The molecule has 0 spiro atoms. The van der Waals surface area contributed by atoms with Crippen molar-refractivity contribution in [3.63, 3.8) is 0 Å². The number of hydrogen-bond acceptors (Lipinski definition) is 4. The average molecular weight is 424 g/mol. The molecule has 1 fully saturated rings. The van der Waals surface area contributed by atoms with E-state index in [4.69, 9.17) is 40.2 Å². The van der Waals surface area contributed by atoms with Crippen LogP contribution in [-0.2, 0) is 4.79 Å². The van der Waals surface area contributed by atoms with Crippen LogP contribution in [0.5, 0.6) is 5.75 Å². The summed E-state index contributed by atoms with van der Waals surface area (Å²) in [5.74, 6) is 0.554. The molecule has 0 unspecified atom stereocenters. The van der Waals surface area contributed by atoms with Gasteiger partial charge in [0.1, 0.15) is 5.75 Å². The van der Waals surface area contributed by atoms with Gasteiger partial charge in [0, 0.05) is 5.56 Å². The zero-order valence-corrected chi connectivity index (χ0v) is 17.0. The topological polar surface area (TPSA) is 29.5 Å². The van der Waals surface area contributed by atoms with Crippen molar-refractivity contribution in [3.05, 3.63) is 63.0 Å². The van der Waals surface area contributed by atoms with Gasteiger partial charge in [-0.2, -0.15) is 0 Å². The number of nitrogens with zero attached hydrogens (tertiary/aromatic N) is 1. The van der Waals surface area contributed by atoms with E-state index in [1.54, 1.807) is 18.2 Å². The summed E-state index contributed by atoms with van der Waals surface area (Å²) in [6, 6.07) is 12.6. The normalized spacial score (nSPS) is 15.8. The summed E-state index contributed by atoms with van der Waals surface area (Å²) < 4.78 is 6.21. The van der Waals surface area contributed by atoms with Crippen molar-refractivity contribution < 1.29 is 9.53 Å². The lowest BCUT2D eigenvalue weighted by Gasteiger charge is -2.15. The van der Waals surface area contributed by atoms with Gasteiger partial charge in [-0.05, 0) is 36.8 Å². The molecule has 0 saturated carbocycles. The average Bonchev–Trinajstić information content (AvgIpc) is 2.90. The minimum Gasteiger partial charge on any atom is -0.493 e. The molecule has 0 N–H and O–H groups in total. The Kier molecular flexibility index (Phi) is 6.24. The number of amides is 1. The molecule has 1 heterocycles. The first kappa shape index (κ1) is 19.2. The van der Waals surface area contributed by atoms with Crippen molar-refractivity contribution >= 4 is 69.2 Å². The van der Waals surface area contributed by atoms with Crippen LogP contribution in [0.25, 0.3) is 6.08 Å². The third kappa shape index (κ3) is 4.07. The minimum atomic E-state index is -0.191. The number of halogens is 2. The minimum absolute atomic E-state index is 0.191. The first-order chi connectivity index (χ1) is 12.5. The van der Waals surface area contributed by atoms with Crippen molar-refractivity contribution in [3.8, 4) is 5.75 Å². The number of hydrogen-bond donors (Lipinski definition) is 0. The van der Waals surface area contributed by atoms with Crippen LogP contribution in [0, 0.1) is 0 Å². The van der Waals surface area contributed by atoms with Crippen LogP contribution in [0.4, 0.5) is 5.69 Å². The Balaban J connectivity index is 1.91. The van der Waals surface area contributed by atoms with E-state index < -0.39 is 0 Å². The molecule has 2 aromatic rings. The zero-order valence-electron chi connectivity index (χ0n) is 13.9. The van der Waals surface area contributed by atoms with Crippen molar-refractivity contribution in [1.29, 1.82) is 0 Å². The molecule has 26 heavy (non-hydrogen) atoms. The Labute approximate surface area is 171 Å². The Morgan fingerprint density at radius 1 is 1.19 bits per heavy atom. The Morgan fingerprint density at radius 2 is 1.96 bits per heavy atom. The van der Waals surface area contributed by atoms with Crippen molar-refractivity contribution in [1.82, 2.24) is 0 Å². The number of anilines is 1. The summed E-state index contributed by atoms with van der Waals surface area (Å²) in [5.41, 5.74) is 1.44. The number of rotatable bonds is 5. The summed E-state index contributed by atoms with van der Waals surface area (Å²) in [5, 5.41) is 0.805. The molecule has 1 amide bonds. The first-order valence-electron chi connectivity index (χ1n) is 7.96. The molecule has 2 aromatic carbocycles. The summed E-state index contributed by atoms with van der Waals surface area (Å²) in [6.07, 6.45) is 2.72. The number of para-hydroxylation sites is 1. The summed E-state index contributed by atoms with van der Waals surface area (Å²) >= 11 is 18.7. The monoisotopic (exact) mass is 423 g/mol. The largest absolute Gasteiger partial charge is 0.493 e. The van der Waals surface area contributed by atoms with E-state index >= 15 is 0 Å². The third-order valence-electron chi connectivity index (χ3n) is 3.62. The van der Waals surface area contributed by atoms with E-state index in [0.29, 0.717) is 31.6 Å². The Hall–Kier alpha value is -1.53. The maximum absolute atomic E-state index is 12.9. The van der Waals surface area contributed by atoms with Crippen LogP contribution >= 0.6 is 47.2 Å². The fourth-order valence-corrected chi connectivity index (χ4v) is 3.98. The molecule has 0 aromatic heterocycles. The second kappa shape index (κ2) is 8.44. The van der Waals surface area contributed by atoms with Gasteiger partial charge in [0.15, 0.2) is 4.32 Å². The standard InChI is InChI=1S/C19H15Cl2NO2S2/c1-2-9-24-16-6-4-3-5-12(16)10-17-18(23)22(19(25)26-17)13-7-8-14(20)15(21)11-13/h3-8,10-11H,2,9H2,1H3/b17-10-. The lowest BCUT2D eigenvalue weighted by molar-refractivity contribution is -0.113. The van der Waals surface area contributed by atoms with Gasteiger partial charge in [-0.1, -0.05) is 72.3 Å². The molecular weight excluding hydrogens is 409 g/mol. The van der Waals surface area contributed by atoms with Crippen LogP contribution in [0.15, 0.2) is 47.4 Å². The number of thiocarbonyl (C=S) groups is 1. The maximum Gasteiger partial charge on any atom is 0.270 e. The van der Waals surface area contributed by atoms with E-state index in [-0.39, 0.29) is 5.91 Å². The number of thioether (sulfide) groups is 1. The molecule has 0 radical (unpaired) electrons. The van der Waals surface area contributed by atoms with Gasteiger partial charge in [0.25, 0.3) is 5.91 Å². The van der Waals surface area contributed by atoms with Crippen LogP contribution < -0.4 is 9.64 Å². The Bertz CT molecular complexity index is 899. The van der Waals surface area contributed by atoms with E-state index in [2.05, 4.69) is 0 Å². The van der Waals surface area contributed by atoms with Crippen LogP contribution in [0.1, 0.15) is 18.9 Å². The predicted molar refractivity (Wildman–Crippen MR) is 114 cm³/mol. The number of carbonyl (C=O) groups excluding carboxylic acids is 1. The maximum atomic E-state index is 12.9. The van der Waals surface area contributed by atoms with Crippen LogP contribution in [0.3, 0.4) is 0 Å². The van der Waals surface area contributed by atoms with Gasteiger partial charge in [0.05, 0.1) is 27.2 Å². The second-order valence-corrected chi connectivity index (χ2v) is 7.99. The Morgan fingerprint density at radius 3 is 2.69 bits per heavy atom. The van der Waals surface area contributed by atoms with E-state index in [1.807, 2.05) is 37.3 Å². The van der Waals surface area contributed by atoms with Crippen LogP contribution in [0.2, 0.25) is 10.0 Å². The fraction of sp³-hybridized carbons (Fsp3) is 0.158.